The van der Waals surface area contributed by atoms with Gasteiger partial charge in [0.2, 0.25) is 0 Å². The fourth-order valence-electron chi connectivity index (χ4n) is 2.01. The van der Waals surface area contributed by atoms with Gasteiger partial charge < -0.3 is 0 Å². The summed E-state index contributed by atoms with van der Waals surface area (Å²) in [5.41, 5.74) is 0. The van der Waals surface area contributed by atoms with Crippen molar-refractivity contribution in [2.45, 2.75) is 78.1 Å². The minimum atomic E-state index is -3.06. The van der Waals surface area contributed by atoms with E-state index >= 15 is 0 Å². The van der Waals surface area contributed by atoms with Crippen LogP contribution in [0.5, 0.6) is 0 Å². The van der Waals surface area contributed by atoms with Crippen LogP contribution in [-0.2, 0) is 9.84 Å². The number of halogens is 1. The maximum Gasteiger partial charge on any atom is 0.184 e. The van der Waals surface area contributed by atoms with Gasteiger partial charge in [-0.25, -0.2) is 8.42 Å². The molecule has 0 aromatic heterocycles. The highest BCUT2D eigenvalue weighted by molar-refractivity contribution is 9.10. The van der Waals surface area contributed by atoms with E-state index in [1.165, 1.54) is 32.1 Å². The van der Waals surface area contributed by atoms with Gasteiger partial charge in [0.1, 0.15) is 4.66 Å². The normalized spacial score (nSPS) is 12.9. The second kappa shape index (κ2) is 12.0. The Bertz CT molecular complexity index is 334. The van der Waals surface area contributed by atoms with Crippen molar-refractivity contribution >= 4 is 25.8 Å². The zero-order valence-corrected chi connectivity index (χ0v) is 14.9. The molecule has 0 heterocycles. The third-order valence-electron chi connectivity index (χ3n) is 3.25. The van der Waals surface area contributed by atoms with E-state index in [0.717, 1.165) is 25.7 Å². The van der Waals surface area contributed by atoms with E-state index in [9.17, 15) is 8.42 Å². The van der Waals surface area contributed by atoms with Crippen LogP contribution in [0.3, 0.4) is 0 Å². The highest BCUT2D eigenvalue weighted by Crippen LogP contribution is 2.20. The van der Waals surface area contributed by atoms with Gasteiger partial charge in [0.05, 0.1) is 0 Å². The quantitative estimate of drug-likeness (QED) is 0.339. The van der Waals surface area contributed by atoms with Crippen LogP contribution in [0, 0.1) is 0 Å². The molecule has 0 aromatic carbocycles. The third kappa shape index (κ3) is 9.67. The second-order valence-corrected chi connectivity index (χ2v) is 8.40. The molecule has 0 aliphatic heterocycles. The Hall–Kier alpha value is 0.170. The van der Waals surface area contributed by atoms with Crippen molar-refractivity contribution in [1.82, 2.24) is 0 Å². The van der Waals surface area contributed by atoms with Crippen LogP contribution >= 0.6 is 15.9 Å². The maximum atomic E-state index is 12.0. The molecule has 0 aliphatic carbocycles. The highest BCUT2D eigenvalue weighted by atomic mass is 79.9. The van der Waals surface area contributed by atoms with Crippen molar-refractivity contribution in [2.75, 3.05) is 4.66 Å². The van der Waals surface area contributed by atoms with E-state index in [2.05, 4.69) is 29.8 Å². The Morgan fingerprint density at radius 3 is 2.05 bits per heavy atom. The molecule has 0 rings (SSSR count). The van der Waals surface area contributed by atoms with Crippen molar-refractivity contribution < 1.29 is 8.42 Å². The lowest BCUT2D eigenvalue weighted by molar-refractivity contribution is 0.600. The van der Waals surface area contributed by atoms with Crippen LogP contribution in [0.25, 0.3) is 0 Å². The Kier molecular flexibility index (Phi) is 12.1. The zero-order valence-electron chi connectivity index (χ0n) is 12.5. The van der Waals surface area contributed by atoms with E-state index in [-0.39, 0.29) is 4.66 Å². The minimum absolute atomic E-state index is 0.0502. The number of alkyl halides is 1. The molecule has 0 aliphatic rings. The smallest absolute Gasteiger partial charge is 0.184 e. The predicted molar refractivity (Wildman–Crippen MR) is 88.3 cm³/mol. The third-order valence-corrected chi connectivity index (χ3v) is 6.51. The molecule has 0 saturated carbocycles. The summed E-state index contributed by atoms with van der Waals surface area (Å²) in [5, 5.41) is 0. The minimum Gasteiger partial charge on any atom is -0.223 e. The predicted octanol–water partition coefficient (Wildman–Crippen LogP) is 5.58. The molecule has 0 atom stereocenters. The summed E-state index contributed by atoms with van der Waals surface area (Å²) in [6.07, 6.45) is 12.8. The first-order chi connectivity index (χ1) is 9.08. The van der Waals surface area contributed by atoms with Crippen LogP contribution in [0.15, 0.2) is 11.0 Å². The van der Waals surface area contributed by atoms with Gasteiger partial charge >= 0.3 is 0 Å². The molecule has 2 nitrogen and oxygen atoms in total. The SMILES string of the molecule is CCCCCC/C=C(/CCCCCC)S(=O)(=O)CBr. The molecule has 0 amide bonds. The van der Waals surface area contributed by atoms with E-state index in [1.807, 2.05) is 6.08 Å². The van der Waals surface area contributed by atoms with Crippen LogP contribution < -0.4 is 0 Å². The lowest BCUT2D eigenvalue weighted by Crippen LogP contribution is -2.05. The molecule has 0 radical (unpaired) electrons. The number of hydrogen-bond acceptors (Lipinski definition) is 2. The average Bonchev–Trinajstić information content (AvgIpc) is 2.40. The van der Waals surface area contributed by atoms with Crippen molar-refractivity contribution in [1.29, 1.82) is 0 Å². The van der Waals surface area contributed by atoms with Crippen LogP contribution in [0.2, 0.25) is 0 Å². The van der Waals surface area contributed by atoms with Crippen LogP contribution in [0.1, 0.15) is 78.1 Å². The Labute approximate surface area is 128 Å². The number of rotatable bonds is 12. The second-order valence-electron chi connectivity index (χ2n) is 5.05. The van der Waals surface area contributed by atoms with Gasteiger partial charge in [0, 0.05) is 4.91 Å². The summed E-state index contributed by atoms with van der Waals surface area (Å²) >= 11 is 3.10. The molecule has 0 spiro atoms. The van der Waals surface area contributed by atoms with E-state index in [4.69, 9.17) is 0 Å². The van der Waals surface area contributed by atoms with Gasteiger partial charge in [0.15, 0.2) is 9.84 Å². The molecule has 0 unspecified atom stereocenters. The summed E-state index contributed by atoms with van der Waals surface area (Å²) in [7, 11) is -3.06. The van der Waals surface area contributed by atoms with Crippen molar-refractivity contribution in [3.8, 4) is 0 Å². The van der Waals surface area contributed by atoms with Crippen molar-refractivity contribution in [3.05, 3.63) is 11.0 Å². The van der Waals surface area contributed by atoms with Crippen molar-refractivity contribution in [3.63, 3.8) is 0 Å². The van der Waals surface area contributed by atoms with E-state index in [1.54, 1.807) is 0 Å². The molecule has 19 heavy (non-hydrogen) atoms. The Morgan fingerprint density at radius 1 is 0.947 bits per heavy atom. The summed E-state index contributed by atoms with van der Waals surface area (Å²) in [6.45, 7) is 4.35. The first-order valence-corrected chi connectivity index (χ1v) is 10.3. The molecule has 0 fully saturated rings. The molecule has 114 valence electrons. The standard InChI is InChI=1S/C15H29BrO2S/c1-3-5-7-9-11-13-15(19(17,18)14-16)12-10-8-6-4-2/h13H,3-12,14H2,1-2H3/b15-13-. The fourth-order valence-corrected chi connectivity index (χ4v) is 3.86. The number of unbranched alkanes of at least 4 members (excludes halogenated alkanes) is 7. The molecule has 0 saturated heterocycles. The van der Waals surface area contributed by atoms with Crippen LogP contribution in [-0.4, -0.2) is 13.1 Å². The zero-order chi connectivity index (χ0) is 14.6. The first kappa shape index (κ1) is 19.2. The molecular weight excluding hydrogens is 324 g/mol. The summed E-state index contributed by atoms with van der Waals surface area (Å²) in [6, 6.07) is 0. The number of sulfone groups is 1. The largest absolute Gasteiger partial charge is 0.223 e. The number of hydrogen-bond donors (Lipinski definition) is 0. The maximum absolute atomic E-state index is 12.0. The molecule has 0 aromatic rings. The molecular formula is C15H29BrO2S. The van der Waals surface area contributed by atoms with Crippen molar-refractivity contribution in [2.24, 2.45) is 0 Å². The summed E-state index contributed by atoms with van der Waals surface area (Å²) in [4.78, 5) is 0.650. The first-order valence-electron chi connectivity index (χ1n) is 7.56. The topological polar surface area (TPSA) is 34.1 Å². The average molecular weight is 353 g/mol. The summed E-state index contributed by atoms with van der Waals surface area (Å²) < 4.78 is 24.0. The van der Waals surface area contributed by atoms with E-state index in [0.29, 0.717) is 11.3 Å². The molecule has 4 heteroatoms. The monoisotopic (exact) mass is 352 g/mol. The Morgan fingerprint density at radius 2 is 1.53 bits per heavy atom. The van der Waals surface area contributed by atoms with Gasteiger partial charge in [0.25, 0.3) is 0 Å². The number of allylic oxidation sites excluding steroid dienone is 2. The van der Waals surface area contributed by atoms with Gasteiger partial charge in [-0.2, -0.15) is 0 Å². The molecule has 0 bridgehead atoms. The lowest BCUT2D eigenvalue weighted by Gasteiger charge is -2.07. The summed E-state index contributed by atoms with van der Waals surface area (Å²) in [5.74, 6) is 0. The van der Waals surface area contributed by atoms with Gasteiger partial charge in [-0.05, 0) is 25.7 Å². The molecule has 0 N–H and O–H groups in total. The van der Waals surface area contributed by atoms with Gasteiger partial charge in [-0.15, -0.1) is 0 Å². The highest BCUT2D eigenvalue weighted by Gasteiger charge is 2.15. The van der Waals surface area contributed by atoms with E-state index < -0.39 is 9.84 Å². The van der Waals surface area contributed by atoms with Gasteiger partial charge in [-0.3, -0.25) is 0 Å². The lowest BCUT2D eigenvalue weighted by atomic mass is 10.1. The Balaban J connectivity index is 4.29. The fraction of sp³-hybridized carbons (Fsp3) is 0.867. The van der Waals surface area contributed by atoms with Crippen LogP contribution in [0.4, 0.5) is 0 Å². The van der Waals surface area contributed by atoms with Gasteiger partial charge in [-0.1, -0.05) is 74.4 Å².